The summed E-state index contributed by atoms with van der Waals surface area (Å²) in [7, 11) is 0. The lowest BCUT2D eigenvalue weighted by atomic mass is 9.90. The van der Waals surface area contributed by atoms with E-state index in [0.717, 1.165) is 31.1 Å². The first-order valence-corrected chi connectivity index (χ1v) is 7.43. The van der Waals surface area contributed by atoms with E-state index < -0.39 is 0 Å². The van der Waals surface area contributed by atoms with E-state index in [4.69, 9.17) is 0 Å². The number of rotatable bonds is 7. The van der Waals surface area contributed by atoms with Crippen LogP contribution in [0.2, 0.25) is 0 Å². The number of hydrogen-bond acceptors (Lipinski definition) is 3. The Bertz CT molecular complexity index is 218. The van der Waals surface area contributed by atoms with Crippen molar-refractivity contribution in [3.63, 3.8) is 0 Å². The van der Waals surface area contributed by atoms with Gasteiger partial charge in [-0.15, -0.1) is 0 Å². The van der Waals surface area contributed by atoms with Gasteiger partial charge in [-0.3, -0.25) is 4.90 Å². The normalized spacial score (nSPS) is 29.8. The Kier molecular flexibility index (Phi) is 5.26. The molecule has 2 rings (SSSR count). The second-order valence-corrected chi connectivity index (χ2v) is 5.66. The van der Waals surface area contributed by atoms with Gasteiger partial charge in [-0.25, -0.2) is 0 Å². The van der Waals surface area contributed by atoms with Crippen molar-refractivity contribution >= 4 is 0 Å². The molecule has 0 aromatic heterocycles. The Labute approximate surface area is 106 Å². The molecule has 2 atom stereocenters. The van der Waals surface area contributed by atoms with Crippen LogP contribution in [-0.4, -0.2) is 48.3 Å². The van der Waals surface area contributed by atoms with Crippen LogP contribution in [0.4, 0.5) is 0 Å². The summed E-state index contributed by atoms with van der Waals surface area (Å²) in [5.41, 5.74) is 0. The summed E-state index contributed by atoms with van der Waals surface area (Å²) in [6.07, 6.45) is 8.16. The molecular weight excluding hydrogens is 212 g/mol. The van der Waals surface area contributed by atoms with Crippen molar-refractivity contribution in [3.05, 3.63) is 0 Å². The first kappa shape index (κ1) is 13.3. The highest BCUT2D eigenvalue weighted by Crippen LogP contribution is 2.30. The zero-order valence-electron chi connectivity index (χ0n) is 11.2. The highest BCUT2D eigenvalue weighted by Gasteiger charge is 2.31. The molecular formula is C14H28N2O. The summed E-state index contributed by atoms with van der Waals surface area (Å²) in [6.45, 7) is 5.68. The molecule has 3 heteroatoms. The highest BCUT2D eigenvalue weighted by molar-refractivity contribution is 4.88. The maximum atomic E-state index is 9.19. The fraction of sp³-hybridized carbons (Fsp3) is 1.00. The van der Waals surface area contributed by atoms with Crippen LogP contribution >= 0.6 is 0 Å². The van der Waals surface area contributed by atoms with Crippen LogP contribution in [0, 0.1) is 5.92 Å². The Morgan fingerprint density at radius 3 is 2.53 bits per heavy atom. The van der Waals surface area contributed by atoms with Crippen LogP contribution in [-0.2, 0) is 0 Å². The lowest BCUT2D eigenvalue weighted by molar-refractivity contribution is 0.0812. The minimum Gasteiger partial charge on any atom is -0.395 e. The topological polar surface area (TPSA) is 35.5 Å². The van der Waals surface area contributed by atoms with Crippen LogP contribution in [0.15, 0.2) is 0 Å². The lowest BCUT2D eigenvalue weighted by Crippen LogP contribution is -2.47. The first-order valence-electron chi connectivity index (χ1n) is 7.43. The zero-order valence-corrected chi connectivity index (χ0v) is 11.2. The first-order chi connectivity index (χ1) is 8.35. The van der Waals surface area contributed by atoms with Crippen molar-refractivity contribution < 1.29 is 5.11 Å². The van der Waals surface area contributed by atoms with Crippen LogP contribution in [0.1, 0.15) is 45.4 Å². The molecule has 0 bridgehead atoms. The van der Waals surface area contributed by atoms with Crippen molar-refractivity contribution in [2.75, 3.05) is 26.2 Å². The molecule has 0 aromatic carbocycles. The minimum absolute atomic E-state index is 0.315. The molecule has 2 unspecified atom stereocenters. The fourth-order valence-electron chi connectivity index (χ4n) is 3.39. The highest BCUT2D eigenvalue weighted by atomic mass is 16.3. The van der Waals surface area contributed by atoms with Crippen molar-refractivity contribution in [1.29, 1.82) is 0 Å². The van der Waals surface area contributed by atoms with Crippen LogP contribution in [0.25, 0.3) is 0 Å². The van der Waals surface area contributed by atoms with Gasteiger partial charge in [-0.1, -0.05) is 19.8 Å². The van der Waals surface area contributed by atoms with Gasteiger partial charge in [-0.05, 0) is 38.1 Å². The Morgan fingerprint density at radius 1 is 1.18 bits per heavy atom. The van der Waals surface area contributed by atoms with Gasteiger partial charge >= 0.3 is 0 Å². The molecule has 2 fully saturated rings. The van der Waals surface area contributed by atoms with Crippen LogP contribution in [0.3, 0.4) is 0 Å². The summed E-state index contributed by atoms with van der Waals surface area (Å²) < 4.78 is 0. The second kappa shape index (κ2) is 6.72. The molecule has 2 aliphatic carbocycles. The minimum atomic E-state index is 0.315. The molecule has 0 saturated heterocycles. The third kappa shape index (κ3) is 3.43. The number of nitrogens with one attached hydrogen (secondary N) is 1. The van der Waals surface area contributed by atoms with Gasteiger partial charge in [0, 0.05) is 25.2 Å². The van der Waals surface area contributed by atoms with E-state index in [9.17, 15) is 5.11 Å². The molecule has 3 nitrogen and oxygen atoms in total. The third-order valence-electron chi connectivity index (χ3n) is 4.57. The largest absolute Gasteiger partial charge is 0.395 e. The molecule has 2 aliphatic rings. The van der Waals surface area contributed by atoms with E-state index in [1.165, 1.54) is 45.1 Å². The van der Waals surface area contributed by atoms with Crippen molar-refractivity contribution in [2.45, 2.75) is 57.5 Å². The molecule has 0 radical (unpaired) electrons. The SMILES string of the molecule is CCNC1CCCC1CN(CCO)C1CCC1. The van der Waals surface area contributed by atoms with E-state index in [2.05, 4.69) is 17.1 Å². The number of nitrogens with zero attached hydrogens (tertiary/aromatic N) is 1. The summed E-state index contributed by atoms with van der Waals surface area (Å²) >= 11 is 0. The monoisotopic (exact) mass is 240 g/mol. The summed E-state index contributed by atoms with van der Waals surface area (Å²) in [4.78, 5) is 2.55. The van der Waals surface area contributed by atoms with Crippen molar-refractivity contribution in [3.8, 4) is 0 Å². The Hall–Kier alpha value is -0.120. The second-order valence-electron chi connectivity index (χ2n) is 5.66. The summed E-state index contributed by atoms with van der Waals surface area (Å²) in [5.74, 6) is 0.807. The molecule has 0 aromatic rings. The predicted octanol–water partition coefficient (Wildman–Crippen LogP) is 1.61. The number of aliphatic hydroxyl groups is 1. The molecule has 100 valence electrons. The molecule has 0 aliphatic heterocycles. The molecule has 0 amide bonds. The van der Waals surface area contributed by atoms with Gasteiger partial charge in [0.25, 0.3) is 0 Å². The van der Waals surface area contributed by atoms with Gasteiger partial charge < -0.3 is 10.4 Å². The Balaban J connectivity index is 1.83. The standard InChI is InChI=1S/C14H28N2O/c1-2-15-14-8-3-5-12(14)11-16(9-10-17)13-6-4-7-13/h12-15,17H,2-11H2,1H3. The van der Waals surface area contributed by atoms with Gasteiger partial charge in [0.05, 0.1) is 6.61 Å². The molecule has 0 heterocycles. The smallest absolute Gasteiger partial charge is 0.0558 e. The number of hydrogen-bond donors (Lipinski definition) is 2. The van der Waals surface area contributed by atoms with E-state index in [1.807, 2.05) is 0 Å². The average Bonchev–Trinajstić information content (AvgIpc) is 2.64. The Morgan fingerprint density at radius 2 is 1.94 bits per heavy atom. The fourth-order valence-corrected chi connectivity index (χ4v) is 3.39. The zero-order chi connectivity index (χ0) is 12.1. The van der Waals surface area contributed by atoms with E-state index in [-0.39, 0.29) is 0 Å². The molecule has 2 N–H and O–H groups in total. The quantitative estimate of drug-likeness (QED) is 0.710. The van der Waals surface area contributed by atoms with Crippen molar-refractivity contribution in [2.24, 2.45) is 5.92 Å². The number of aliphatic hydroxyl groups excluding tert-OH is 1. The van der Waals surface area contributed by atoms with Gasteiger partial charge in [0.1, 0.15) is 0 Å². The lowest BCUT2D eigenvalue weighted by Gasteiger charge is -2.39. The average molecular weight is 240 g/mol. The van der Waals surface area contributed by atoms with E-state index in [1.54, 1.807) is 0 Å². The summed E-state index contributed by atoms with van der Waals surface area (Å²) in [6, 6.07) is 1.49. The molecule has 2 saturated carbocycles. The summed E-state index contributed by atoms with van der Waals surface area (Å²) in [5, 5.41) is 12.8. The van der Waals surface area contributed by atoms with Crippen LogP contribution in [0.5, 0.6) is 0 Å². The van der Waals surface area contributed by atoms with E-state index in [0.29, 0.717) is 6.61 Å². The third-order valence-corrected chi connectivity index (χ3v) is 4.57. The van der Waals surface area contributed by atoms with Crippen molar-refractivity contribution in [1.82, 2.24) is 10.2 Å². The molecule has 0 spiro atoms. The molecule has 17 heavy (non-hydrogen) atoms. The van der Waals surface area contributed by atoms with Crippen LogP contribution < -0.4 is 5.32 Å². The van der Waals surface area contributed by atoms with Gasteiger partial charge in [0.15, 0.2) is 0 Å². The maximum Gasteiger partial charge on any atom is 0.0558 e. The maximum absolute atomic E-state index is 9.19. The van der Waals surface area contributed by atoms with Gasteiger partial charge in [0.2, 0.25) is 0 Å². The van der Waals surface area contributed by atoms with E-state index >= 15 is 0 Å². The van der Waals surface area contributed by atoms with Gasteiger partial charge in [-0.2, -0.15) is 0 Å². The predicted molar refractivity (Wildman–Crippen MR) is 71.1 cm³/mol.